The lowest BCUT2D eigenvalue weighted by Gasteiger charge is -2.06. The predicted molar refractivity (Wildman–Crippen MR) is 85.7 cm³/mol. The van der Waals surface area contributed by atoms with Gasteiger partial charge in [-0.2, -0.15) is 0 Å². The third-order valence-corrected chi connectivity index (χ3v) is 3.78. The minimum atomic E-state index is 0.734. The lowest BCUT2D eigenvalue weighted by atomic mass is 10.2. The van der Waals surface area contributed by atoms with Gasteiger partial charge in [-0.3, -0.25) is 0 Å². The number of ether oxygens (including phenoxy) is 1. The molecule has 1 aromatic carbocycles. The normalized spacial score (nSPS) is 10.8. The molecule has 1 aromatic heterocycles. The molecule has 2 rings (SSSR count). The third kappa shape index (κ3) is 5.46. The van der Waals surface area contributed by atoms with Crippen LogP contribution in [-0.2, 0) is 11.3 Å². The van der Waals surface area contributed by atoms with Gasteiger partial charge in [-0.15, -0.1) is 0 Å². The second kappa shape index (κ2) is 8.12. The van der Waals surface area contributed by atoms with Gasteiger partial charge in [0.25, 0.3) is 0 Å². The largest absolute Gasteiger partial charge is 0.383 e. The molecule has 0 fully saturated rings. The molecule has 5 heteroatoms. The first-order chi connectivity index (χ1) is 10.2. The third-order valence-electron chi connectivity index (χ3n) is 2.91. The van der Waals surface area contributed by atoms with Crippen molar-refractivity contribution in [2.75, 3.05) is 20.3 Å². The first-order valence-corrected chi connectivity index (χ1v) is 7.78. The topological polar surface area (TPSA) is 47.0 Å². The standard InChI is InChI=1S/C16H21N3OS/c1-12-10-13(2)19-16(18-12)21-15-6-4-14(5-7-15)11-17-8-9-20-3/h4-7,10,17H,8-9,11H2,1-3H3. The molecule has 4 nitrogen and oxygen atoms in total. The van der Waals surface area contributed by atoms with Crippen molar-refractivity contribution >= 4 is 11.8 Å². The van der Waals surface area contributed by atoms with E-state index in [0.717, 1.165) is 41.1 Å². The molecule has 1 heterocycles. The predicted octanol–water partition coefficient (Wildman–Crippen LogP) is 2.98. The molecule has 0 radical (unpaired) electrons. The minimum Gasteiger partial charge on any atom is -0.383 e. The van der Waals surface area contributed by atoms with Gasteiger partial charge >= 0.3 is 0 Å². The Morgan fingerprint density at radius 3 is 2.38 bits per heavy atom. The van der Waals surface area contributed by atoms with Crippen molar-refractivity contribution in [2.24, 2.45) is 0 Å². The maximum Gasteiger partial charge on any atom is 0.192 e. The average Bonchev–Trinajstić information content (AvgIpc) is 2.44. The Bertz CT molecular complexity index is 552. The number of nitrogens with zero attached hydrogens (tertiary/aromatic N) is 2. The Morgan fingerprint density at radius 2 is 1.76 bits per heavy atom. The van der Waals surface area contributed by atoms with E-state index in [0.29, 0.717) is 0 Å². The molecule has 0 unspecified atom stereocenters. The van der Waals surface area contributed by atoms with E-state index in [1.165, 1.54) is 5.56 Å². The molecule has 0 aliphatic carbocycles. The first-order valence-electron chi connectivity index (χ1n) is 6.96. The molecule has 0 aliphatic rings. The number of aryl methyl sites for hydroxylation is 2. The molecule has 21 heavy (non-hydrogen) atoms. The van der Waals surface area contributed by atoms with Crippen molar-refractivity contribution in [2.45, 2.75) is 30.4 Å². The minimum absolute atomic E-state index is 0.734. The Morgan fingerprint density at radius 1 is 1.10 bits per heavy atom. The molecular weight excluding hydrogens is 282 g/mol. The van der Waals surface area contributed by atoms with Gasteiger partial charge < -0.3 is 10.1 Å². The van der Waals surface area contributed by atoms with Gasteiger partial charge in [-0.05, 0) is 49.4 Å². The molecule has 0 saturated carbocycles. The van der Waals surface area contributed by atoms with Gasteiger partial charge in [0, 0.05) is 36.5 Å². The van der Waals surface area contributed by atoms with E-state index in [-0.39, 0.29) is 0 Å². The molecule has 0 amide bonds. The van der Waals surface area contributed by atoms with E-state index in [9.17, 15) is 0 Å². The Balaban J connectivity index is 1.92. The summed E-state index contributed by atoms with van der Waals surface area (Å²) in [6, 6.07) is 10.5. The zero-order chi connectivity index (χ0) is 15.1. The summed E-state index contributed by atoms with van der Waals surface area (Å²) in [5.74, 6) is 0. The van der Waals surface area contributed by atoms with Crippen LogP contribution >= 0.6 is 11.8 Å². The zero-order valence-corrected chi connectivity index (χ0v) is 13.5. The highest BCUT2D eigenvalue weighted by atomic mass is 32.2. The summed E-state index contributed by atoms with van der Waals surface area (Å²) in [7, 11) is 1.71. The summed E-state index contributed by atoms with van der Waals surface area (Å²) in [6.45, 7) is 6.44. The molecule has 1 N–H and O–H groups in total. The highest BCUT2D eigenvalue weighted by Crippen LogP contribution is 2.25. The molecule has 0 saturated heterocycles. The zero-order valence-electron chi connectivity index (χ0n) is 12.7. The number of benzene rings is 1. The Labute approximate surface area is 130 Å². The van der Waals surface area contributed by atoms with Crippen LogP contribution in [0.2, 0.25) is 0 Å². The van der Waals surface area contributed by atoms with Crippen LogP contribution in [0.5, 0.6) is 0 Å². The highest BCUT2D eigenvalue weighted by Gasteiger charge is 2.03. The fourth-order valence-corrected chi connectivity index (χ4v) is 2.79. The fourth-order valence-electron chi connectivity index (χ4n) is 1.93. The Kier molecular flexibility index (Phi) is 6.17. The average molecular weight is 303 g/mol. The van der Waals surface area contributed by atoms with Gasteiger partial charge in [0.2, 0.25) is 0 Å². The van der Waals surface area contributed by atoms with Crippen molar-refractivity contribution in [3.8, 4) is 0 Å². The summed E-state index contributed by atoms with van der Waals surface area (Å²) < 4.78 is 5.00. The lowest BCUT2D eigenvalue weighted by molar-refractivity contribution is 0.199. The number of hydrogen-bond donors (Lipinski definition) is 1. The van der Waals surface area contributed by atoms with E-state index in [1.807, 2.05) is 19.9 Å². The van der Waals surface area contributed by atoms with E-state index in [4.69, 9.17) is 4.74 Å². The van der Waals surface area contributed by atoms with Crippen molar-refractivity contribution in [3.63, 3.8) is 0 Å². The van der Waals surface area contributed by atoms with Crippen molar-refractivity contribution in [3.05, 3.63) is 47.3 Å². The smallest absolute Gasteiger partial charge is 0.192 e. The van der Waals surface area contributed by atoms with Crippen LogP contribution in [0, 0.1) is 13.8 Å². The van der Waals surface area contributed by atoms with Crippen LogP contribution in [0.25, 0.3) is 0 Å². The SMILES string of the molecule is COCCNCc1ccc(Sc2nc(C)cc(C)n2)cc1. The first kappa shape index (κ1) is 15.9. The van der Waals surface area contributed by atoms with Gasteiger partial charge in [0.15, 0.2) is 5.16 Å². The summed E-state index contributed by atoms with van der Waals surface area (Å²) in [5, 5.41) is 4.13. The highest BCUT2D eigenvalue weighted by molar-refractivity contribution is 7.99. The van der Waals surface area contributed by atoms with Crippen LogP contribution in [0.3, 0.4) is 0 Å². The number of aromatic nitrogens is 2. The molecule has 0 atom stereocenters. The second-order valence-electron chi connectivity index (χ2n) is 4.85. The molecule has 112 valence electrons. The molecule has 0 aliphatic heterocycles. The molecular formula is C16H21N3OS. The van der Waals surface area contributed by atoms with Crippen molar-refractivity contribution in [1.82, 2.24) is 15.3 Å². The quantitative estimate of drug-likeness (QED) is 0.629. The summed E-state index contributed by atoms with van der Waals surface area (Å²) in [5.41, 5.74) is 3.27. The summed E-state index contributed by atoms with van der Waals surface area (Å²) in [6.07, 6.45) is 0. The van der Waals surface area contributed by atoms with E-state index < -0.39 is 0 Å². The monoisotopic (exact) mass is 303 g/mol. The summed E-state index contributed by atoms with van der Waals surface area (Å²) in [4.78, 5) is 10.0. The lowest BCUT2D eigenvalue weighted by Crippen LogP contribution is -2.18. The second-order valence-corrected chi connectivity index (χ2v) is 5.89. The maximum absolute atomic E-state index is 5.00. The van der Waals surface area contributed by atoms with Crippen molar-refractivity contribution < 1.29 is 4.74 Å². The van der Waals surface area contributed by atoms with Crippen LogP contribution in [0.4, 0.5) is 0 Å². The van der Waals surface area contributed by atoms with Gasteiger partial charge in [0.05, 0.1) is 6.61 Å². The Hall–Kier alpha value is -1.43. The number of hydrogen-bond acceptors (Lipinski definition) is 5. The van der Waals surface area contributed by atoms with Gasteiger partial charge in [0.1, 0.15) is 0 Å². The van der Waals surface area contributed by atoms with Crippen molar-refractivity contribution in [1.29, 1.82) is 0 Å². The fraction of sp³-hybridized carbons (Fsp3) is 0.375. The van der Waals surface area contributed by atoms with Gasteiger partial charge in [-0.25, -0.2) is 9.97 Å². The molecule has 2 aromatic rings. The molecule has 0 spiro atoms. The number of nitrogens with one attached hydrogen (secondary N) is 1. The number of methoxy groups -OCH3 is 1. The van der Waals surface area contributed by atoms with E-state index >= 15 is 0 Å². The summed E-state index contributed by atoms with van der Waals surface area (Å²) >= 11 is 1.59. The van der Waals surface area contributed by atoms with Crippen LogP contribution < -0.4 is 5.32 Å². The van der Waals surface area contributed by atoms with E-state index in [1.54, 1.807) is 18.9 Å². The van der Waals surface area contributed by atoms with Crippen LogP contribution in [-0.4, -0.2) is 30.2 Å². The number of rotatable bonds is 7. The molecule has 0 bridgehead atoms. The maximum atomic E-state index is 5.00. The van der Waals surface area contributed by atoms with Crippen LogP contribution in [0.15, 0.2) is 40.4 Å². The van der Waals surface area contributed by atoms with Gasteiger partial charge in [-0.1, -0.05) is 12.1 Å². The van der Waals surface area contributed by atoms with E-state index in [2.05, 4.69) is 39.6 Å². The van der Waals surface area contributed by atoms with Crippen LogP contribution in [0.1, 0.15) is 17.0 Å².